The number of benzene rings is 1. The van der Waals surface area contributed by atoms with Crippen molar-refractivity contribution in [2.24, 2.45) is 0 Å². The Morgan fingerprint density at radius 1 is 1.42 bits per heavy atom. The van der Waals surface area contributed by atoms with Crippen LogP contribution in [0.15, 0.2) is 28.7 Å². The van der Waals surface area contributed by atoms with E-state index in [4.69, 9.17) is 16.0 Å². The molecule has 1 unspecified atom stereocenters. The van der Waals surface area contributed by atoms with Gasteiger partial charge in [0.1, 0.15) is 5.58 Å². The molecule has 4 heteroatoms. The first kappa shape index (κ1) is 12.5. The van der Waals surface area contributed by atoms with Gasteiger partial charge in [0.2, 0.25) is 0 Å². The van der Waals surface area contributed by atoms with Gasteiger partial charge in [-0.15, -0.1) is 11.6 Å². The van der Waals surface area contributed by atoms with Gasteiger partial charge in [-0.1, -0.05) is 11.6 Å². The summed E-state index contributed by atoms with van der Waals surface area (Å²) in [6.07, 6.45) is 1.93. The van der Waals surface area contributed by atoms with Gasteiger partial charge >= 0.3 is 0 Å². The number of rotatable bonds is 1. The van der Waals surface area contributed by atoms with E-state index in [0.717, 1.165) is 35.9 Å². The third-order valence-corrected chi connectivity index (χ3v) is 3.89. The molecule has 2 heterocycles. The minimum Gasteiger partial charge on any atom is -0.451 e. The van der Waals surface area contributed by atoms with Crippen molar-refractivity contribution in [2.45, 2.75) is 25.1 Å². The molecule has 0 saturated carbocycles. The lowest BCUT2D eigenvalue weighted by Crippen LogP contribution is -2.40. The fourth-order valence-corrected chi connectivity index (χ4v) is 2.85. The molecule has 3 rings (SSSR count). The van der Waals surface area contributed by atoms with Crippen molar-refractivity contribution in [3.05, 3.63) is 35.6 Å². The molecule has 2 aromatic rings. The third kappa shape index (κ3) is 2.47. The summed E-state index contributed by atoms with van der Waals surface area (Å²) < 4.78 is 5.64. The lowest BCUT2D eigenvalue weighted by molar-refractivity contribution is 0.0697. The number of piperidine rings is 1. The number of fused-ring (bicyclic) bond motifs is 1. The maximum atomic E-state index is 12.4. The molecule has 1 aliphatic heterocycles. The van der Waals surface area contributed by atoms with Crippen molar-refractivity contribution < 1.29 is 9.21 Å². The number of aryl methyl sites for hydroxylation is 1. The summed E-state index contributed by atoms with van der Waals surface area (Å²) in [6.45, 7) is 3.39. The number of halogens is 1. The van der Waals surface area contributed by atoms with Crippen LogP contribution in [0.2, 0.25) is 0 Å². The van der Waals surface area contributed by atoms with E-state index in [0.29, 0.717) is 12.3 Å². The Morgan fingerprint density at radius 2 is 2.26 bits per heavy atom. The van der Waals surface area contributed by atoms with Gasteiger partial charge in [0.25, 0.3) is 5.91 Å². The number of likely N-dealkylation sites (tertiary alicyclic amines) is 1. The van der Waals surface area contributed by atoms with Crippen LogP contribution in [0.4, 0.5) is 0 Å². The van der Waals surface area contributed by atoms with Gasteiger partial charge in [0, 0.05) is 18.5 Å². The Morgan fingerprint density at radius 3 is 3.05 bits per heavy atom. The first-order valence-electron chi connectivity index (χ1n) is 6.57. The average molecular weight is 278 g/mol. The molecule has 0 aliphatic carbocycles. The number of furan rings is 1. The highest BCUT2D eigenvalue weighted by Gasteiger charge is 2.25. The molecule has 0 bridgehead atoms. The van der Waals surface area contributed by atoms with E-state index in [-0.39, 0.29) is 11.3 Å². The van der Waals surface area contributed by atoms with Crippen LogP contribution in [0.25, 0.3) is 11.0 Å². The zero-order chi connectivity index (χ0) is 13.4. The minimum atomic E-state index is -0.0563. The van der Waals surface area contributed by atoms with Crippen LogP contribution in [-0.2, 0) is 0 Å². The number of hydrogen-bond donors (Lipinski definition) is 0. The molecule has 1 fully saturated rings. The highest BCUT2D eigenvalue weighted by atomic mass is 35.5. The number of nitrogens with zero attached hydrogens (tertiary/aromatic N) is 1. The van der Waals surface area contributed by atoms with Crippen molar-refractivity contribution in [1.29, 1.82) is 0 Å². The van der Waals surface area contributed by atoms with Gasteiger partial charge in [-0.05, 0) is 38.0 Å². The predicted octanol–water partition coefficient (Wildman–Crippen LogP) is 3.58. The fourth-order valence-electron chi connectivity index (χ4n) is 2.53. The van der Waals surface area contributed by atoms with Gasteiger partial charge in [0.15, 0.2) is 5.76 Å². The Balaban J connectivity index is 1.88. The van der Waals surface area contributed by atoms with Crippen molar-refractivity contribution in [2.75, 3.05) is 13.1 Å². The molecule has 1 amide bonds. The topological polar surface area (TPSA) is 33.5 Å². The van der Waals surface area contributed by atoms with Crippen LogP contribution in [0.1, 0.15) is 29.0 Å². The van der Waals surface area contributed by atoms with Gasteiger partial charge < -0.3 is 9.32 Å². The number of amides is 1. The largest absolute Gasteiger partial charge is 0.451 e. The smallest absolute Gasteiger partial charge is 0.289 e. The third-order valence-electron chi connectivity index (χ3n) is 3.53. The van der Waals surface area contributed by atoms with E-state index in [1.165, 1.54) is 0 Å². The van der Waals surface area contributed by atoms with E-state index >= 15 is 0 Å². The van der Waals surface area contributed by atoms with Crippen LogP contribution in [0, 0.1) is 6.92 Å². The predicted molar refractivity (Wildman–Crippen MR) is 75.7 cm³/mol. The first-order chi connectivity index (χ1) is 9.13. The second kappa shape index (κ2) is 4.89. The zero-order valence-electron chi connectivity index (χ0n) is 10.9. The quantitative estimate of drug-likeness (QED) is 0.747. The van der Waals surface area contributed by atoms with E-state index in [1.807, 2.05) is 31.2 Å². The molecule has 1 aliphatic rings. The molecule has 1 atom stereocenters. The van der Waals surface area contributed by atoms with E-state index in [2.05, 4.69) is 0 Å². The normalized spacial score (nSPS) is 19.9. The fraction of sp³-hybridized carbons (Fsp3) is 0.400. The van der Waals surface area contributed by atoms with Crippen molar-refractivity contribution >= 4 is 28.5 Å². The molecule has 0 spiro atoms. The molecule has 1 aromatic heterocycles. The summed E-state index contributed by atoms with van der Waals surface area (Å²) in [5.41, 5.74) is 1.92. The molecule has 1 aromatic carbocycles. The summed E-state index contributed by atoms with van der Waals surface area (Å²) in [5, 5.41) is 1.03. The maximum Gasteiger partial charge on any atom is 0.289 e. The highest BCUT2D eigenvalue weighted by molar-refractivity contribution is 6.21. The summed E-state index contributed by atoms with van der Waals surface area (Å²) in [6, 6.07) is 7.73. The molecular weight excluding hydrogens is 262 g/mol. The van der Waals surface area contributed by atoms with Crippen LogP contribution in [0.5, 0.6) is 0 Å². The second-order valence-electron chi connectivity index (χ2n) is 5.14. The highest BCUT2D eigenvalue weighted by Crippen LogP contribution is 2.23. The SMILES string of the molecule is Cc1ccc2oc(C(=O)N3CCCC(Cl)C3)cc2c1. The monoisotopic (exact) mass is 277 g/mol. The number of carbonyl (C=O) groups is 1. The van der Waals surface area contributed by atoms with E-state index < -0.39 is 0 Å². The van der Waals surface area contributed by atoms with Crippen LogP contribution in [-0.4, -0.2) is 29.3 Å². The van der Waals surface area contributed by atoms with Crippen molar-refractivity contribution in [1.82, 2.24) is 4.90 Å². The van der Waals surface area contributed by atoms with Crippen molar-refractivity contribution in [3.63, 3.8) is 0 Å². The summed E-state index contributed by atoms with van der Waals surface area (Å²) >= 11 is 6.12. The molecule has 0 N–H and O–H groups in total. The molecule has 100 valence electrons. The Labute approximate surface area is 117 Å². The van der Waals surface area contributed by atoms with Gasteiger partial charge in [-0.2, -0.15) is 0 Å². The standard InChI is InChI=1S/C15H16ClNO2/c1-10-4-5-13-11(7-10)8-14(19-13)15(18)17-6-2-3-12(16)9-17/h4-5,7-8,12H,2-3,6,9H2,1H3. The van der Waals surface area contributed by atoms with Crippen LogP contribution >= 0.6 is 11.6 Å². The summed E-state index contributed by atoms with van der Waals surface area (Å²) in [7, 11) is 0. The lowest BCUT2D eigenvalue weighted by Gasteiger charge is -2.28. The molecule has 3 nitrogen and oxygen atoms in total. The molecular formula is C15H16ClNO2. The molecule has 1 saturated heterocycles. The summed E-state index contributed by atoms with van der Waals surface area (Å²) in [4.78, 5) is 14.2. The lowest BCUT2D eigenvalue weighted by atomic mass is 10.1. The number of hydrogen-bond acceptors (Lipinski definition) is 2. The minimum absolute atomic E-state index is 0.0563. The van der Waals surface area contributed by atoms with Crippen LogP contribution in [0.3, 0.4) is 0 Å². The summed E-state index contributed by atoms with van der Waals surface area (Å²) in [5.74, 6) is 0.352. The zero-order valence-corrected chi connectivity index (χ0v) is 11.6. The van der Waals surface area contributed by atoms with Gasteiger partial charge in [-0.25, -0.2) is 0 Å². The first-order valence-corrected chi connectivity index (χ1v) is 7.00. The number of carbonyl (C=O) groups excluding carboxylic acids is 1. The Bertz CT molecular complexity index is 620. The maximum absolute atomic E-state index is 12.4. The van der Waals surface area contributed by atoms with Gasteiger partial charge in [-0.3, -0.25) is 4.79 Å². The second-order valence-corrected chi connectivity index (χ2v) is 5.76. The van der Waals surface area contributed by atoms with E-state index in [1.54, 1.807) is 4.90 Å². The van der Waals surface area contributed by atoms with Gasteiger partial charge in [0.05, 0.1) is 5.38 Å². The molecule has 19 heavy (non-hydrogen) atoms. The van der Waals surface area contributed by atoms with Crippen molar-refractivity contribution in [3.8, 4) is 0 Å². The Hall–Kier alpha value is -1.48. The average Bonchev–Trinajstić information content (AvgIpc) is 2.80. The Kier molecular flexibility index (Phi) is 3.23. The number of alkyl halides is 1. The van der Waals surface area contributed by atoms with Crippen LogP contribution < -0.4 is 0 Å². The van der Waals surface area contributed by atoms with E-state index in [9.17, 15) is 4.79 Å². The molecule has 0 radical (unpaired) electrons.